The van der Waals surface area contributed by atoms with Gasteiger partial charge < -0.3 is 19.7 Å². The van der Waals surface area contributed by atoms with Crippen molar-refractivity contribution in [1.29, 1.82) is 0 Å². The van der Waals surface area contributed by atoms with Crippen LogP contribution >= 0.6 is 0 Å². The average Bonchev–Trinajstić information content (AvgIpc) is 2.84. The average molecular weight is 270 g/mol. The highest BCUT2D eigenvalue weighted by atomic mass is 16.6. The molecule has 0 aromatic heterocycles. The van der Waals surface area contributed by atoms with Gasteiger partial charge in [-0.15, -0.1) is 0 Å². The summed E-state index contributed by atoms with van der Waals surface area (Å²) in [6.07, 6.45) is 2.77. The zero-order valence-corrected chi connectivity index (χ0v) is 11.6. The minimum atomic E-state index is -0.348. The third-order valence-corrected chi connectivity index (χ3v) is 3.97. The van der Waals surface area contributed by atoms with E-state index < -0.39 is 0 Å². The quantitative estimate of drug-likeness (QED) is 0.779. The van der Waals surface area contributed by atoms with Crippen LogP contribution < -0.4 is 5.32 Å². The molecule has 0 aromatic carbocycles. The van der Waals surface area contributed by atoms with E-state index in [9.17, 15) is 9.59 Å². The molecule has 0 aliphatic carbocycles. The fourth-order valence-corrected chi connectivity index (χ4v) is 3.00. The zero-order chi connectivity index (χ0) is 13.9. The standard InChI is InChI=1S/C13H22N2O4/c1-10(16)14-8-12(17)15-6-4-11(18-2)13(9-15)5-3-7-19-13/h11H,3-9H2,1-2H3,(H,14,16)/t11-,13-/m0/s1. The minimum Gasteiger partial charge on any atom is -0.378 e. The molecule has 2 atom stereocenters. The van der Waals surface area contributed by atoms with Gasteiger partial charge in [0.1, 0.15) is 5.60 Å². The second-order valence-corrected chi connectivity index (χ2v) is 5.25. The van der Waals surface area contributed by atoms with Gasteiger partial charge in [-0.05, 0) is 19.3 Å². The van der Waals surface area contributed by atoms with Gasteiger partial charge in [-0.3, -0.25) is 9.59 Å². The first-order valence-electron chi connectivity index (χ1n) is 6.76. The highest BCUT2D eigenvalue weighted by molar-refractivity contribution is 5.83. The molecule has 0 bridgehead atoms. The first-order chi connectivity index (χ1) is 9.07. The first-order valence-corrected chi connectivity index (χ1v) is 6.76. The summed E-state index contributed by atoms with van der Waals surface area (Å²) in [5, 5.41) is 2.54. The molecule has 19 heavy (non-hydrogen) atoms. The maximum Gasteiger partial charge on any atom is 0.242 e. The van der Waals surface area contributed by atoms with Crippen molar-refractivity contribution < 1.29 is 19.1 Å². The lowest BCUT2D eigenvalue weighted by atomic mass is 9.87. The molecule has 0 saturated carbocycles. The second-order valence-electron chi connectivity index (χ2n) is 5.25. The number of likely N-dealkylation sites (tertiary alicyclic amines) is 1. The molecule has 2 aliphatic rings. The fraction of sp³-hybridized carbons (Fsp3) is 0.846. The van der Waals surface area contributed by atoms with Gasteiger partial charge in [-0.25, -0.2) is 0 Å². The summed E-state index contributed by atoms with van der Waals surface area (Å²) in [5.74, 6) is -0.244. The van der Waals surface area contributed by atoms with Crippen LogP contribution in [0.15, 0.2) is 0 Å². The monoisotopic (exact) mass is 270 g/mol. The van der Waals surface area contributed by atoms with Crippen molar-refractivity contribution in [2.24, 2.45) is 0 Å². The van der Waals surface area contributed by atoms with Crippen molar-refractivity contribution in [3.8, 4) is 0 Å². The summed E-state index contributed by atoms with van der Waals surface area (Å²) >= 11 is 0. The van der Waals surface area contributed by atoms with Crippen molar-refractivity contribution in [2.45, 2.75) is 37.9 Å². The third kappa shape index (κ3) is 3.06. The van der Waals surface area contributed by atoms with Gasteiger partial charge in [0, 0.05) is 27.2 Å². The lowest BCUT2D eigenvalue weighted by Gasteiger charge is -2.44. The number of piperidine rings is 1. The Bertz CT molecular complexity index is 353. The summed E-state index contributed by atoms with van der Waals surface area (Å²) in [6.45, 7) is 3.41. The molecule has 2 aliphatic heterocycles. The van der Waals surface area contributed by atoms with Gasteiger partial charge in [0.15, 0.2) is 0 Å². The molecule has 1 spiro atoms. The van der Waals surface area contributed by atoms with E-state index in [4.69, 9.17) is 9.47 Å². The van der Waals surface area contributed by atoms with E-state index in [1.165, 1.54) is 6.92 Å². The summed E-state index contributed by atoms with van der Waals surface area (Å²) in [6, 6.07) is 0. The number of methoxy groups -OCH3 is 1. The van der Waals surface area contributed by atoms with E-state index >= 15 is 0 Å². The van der Waals surface area contributed by atoms with Crippen LogP contribution in [0.1, 0.15) is 26.2 Å². The Labute approximate surface area is 113 Å². The first kappa shape index (κ1) is 14.3. The van der Waals surface area contributed by atoms with Gasteiger partial charge in [0.2, 0.25) is 11.8 Å². The van der Waals surface area contributed by atoms with Crippen LogP contribution in [-0.4, -0.2) is 61.8 Å². The number of carbonyl (C=O) groups excluding carboxylic acids is 2. The van der Waals surface area contributed by atoms with Crippen LogP contribution in [0.2, 0.25) is 0 Å². The minimum absolute atomic E-state index is 0.0554. The Morgan fingerprint density at radius 2 is 2.32 bits per heavy atom. The lowest BCUT2D eigenvalue weighted by Crippen LogP contribution is -2.59. The molecule has 2 saturated heterocycles. The number of amides is 2. The van der Waals surface area contributed by atoms with Crippen LogP contribution in [0.25, 0.3) is 0 Å². The van der Waals surface area contributed by atoms with Crippen molar-refractivity contribution in [3.05, 3.63) is 0 Å². The third-order valence-electron chi connectivity index (χ3n) is 3.97. The second kappa shape index (κ2) is 5.88. The SMILES string of the molecule is CO[C@H]1CCN(C(=O)CNC(C)=O)C[C@@]12CCCO2. The zero-order valence-electron chi connectivity index (χ0n) is 11.6. The molecule has 2 fully saturated rings. The summed E-state index contributed by atoms with van der Waals surface area (Å²) in [4.78, 5) is 24.7. The Kier molecular flexibility index (Phi) is 4.42. The van der Waals surface area contributed by atoms with E-state index in [2.05, 4.69) is 5.32 Å². The van der Waals surface area contributed by atoms with Crippen molar-refractivity contribution in [2.75, 3.05) is 33.4 Å². The van der Waals surface area contributed by atoms with Gasteiger partial charge >= 0.3 is 0 Å². The Hall–Kier alpha value is -1.14. The van der Waals surface area contributed by atoms with E-state index in [1.54, 1.807) is 12.0 Å². The largest absolute Gasteiger partial charge is 0.378 e. The number of hydrogen-bond donors (Lipinski definition) is 1. The lowest BCUT2D eigenvalue weighted by molar-refractivity contribution is -0.160. The van der Waals surface area contributed by atoms with Crippen molar-refractivity contribution in [1.82, 2.24) is 10.2 Å². The maximum atomic E-state index is 12.1. The number of carbonyl (C=O) groups is 2. The molecule has 2 amide bonds. The van der Waals surface area contributed by atoms with E-state index in [0.29, 0.717) is 13.1 Å². The van der Waals surface area contributed by atoms with Crippen LogP contribution in [-0.2, 0) is 19.1 Å². The predicted octanol–water partition coefficient (Wildman–Crippen LogP) is -0.0810. The van der Waals surface area contributed by atoms with Crippen LogP contribution in [0.3, 0.4) is 0 Å². The van der Waals surface area contributed by atoms with Gasteiger partial charge in [-0.2, -0.15) is 0 Å². The number of rotatable bonds is 3. The molecular formula is C13H22N2O4. The molecule has 2 rings (SSSR count). The normalized spacial score (nSPS) is 30.6. The fourth-order valence-electron chi connectivity index (χ4n) is 3.00. The predicted molar refractivity (Wildman–Crippen MR) is 68.6 cm³/mol. The highest BCUT2D eigenvalue weighted by Gasteiger charge is 2.48. The van der Waals surface area contributed by atoms with Crippen LogP contribution in [0.4, 0.5) is 0 Å². The molecule has 6 nitrogen and oxygen atoms in total. The van der Waals surface area contributed by atoms with E-state index in [0.717, 1.165) is 25.9 Å². The van der Waals surface area contributed by atoms with Gasteiger partial charge in [-0.1, -0.05) is 0 Å². The molecule has 0 aromatic rings. The van der Waals surface area contributed by atoms with Crippen LogP contribution in [0.5, 0.6) is 0 Å². The Morgan fingerprint density at radius 3 is 2.89 bits per heavy atom. The topological polar surface area (TPSA) is 67.9 Å². The molecule has 0 unspecified atom stereocenters. The molecule has 0 radical (unpaired) electrons. The molecule has 108 valence electrons. The van der Waals surface area contributed by atoms with Crippen LogP contribution in [0, 0.1) is 0 Å². The van der Waals surface area contributed by atoms with Crippen molar-refractivity contribution in [3.63, 3.8) is 0 Å². The van der Waals surface area contributed by atoms with E-state index in [-0.39, 0.29) is 30.1 Å². The summed E-state index contributed by atoms with van der Waals surface area (Å²) < 4.78 is 11.4. The molecule has 6 heteroatoms. The molecule has 2 heterocycles. The number of nitrogens with zero attached hydrogens (tertiary/aromatic N) is 1. The number of nitrogens with one attached hydrogen (secondary N) is 1. The summed E-state index contributed by atoms with van der Waals surface area (Å²) in [7, 11) is 1.70. The molecular weight excluding hydrogens is 248 g/mol. The summed E-state index contributed by atoms with van der Waals surface area (Å²) in [5.41, 5.74) is -0.348. The maximum absolute atomic E-state index is 12.1. The highest BCUT2D eigenvalue weighted by Crippen LogP contribution is 2.36. The van der Waals surface area contributed by atoms with E-state index in [1.807, 2.05) is 0 Å². The Balaban J connectivity index is 1.97. The van der Waals surface area contributed by atoms with Crippen molar-refractivity contribution >= 4 is 11.8 Å². The van der Waals surface area contributed by atoms with Gasteiger partial charge in [0.05, 0.1) is 19.2 Å². The van der Waals surface area contributed by atoms with Gasteiger partial charge in [0.25, 0.3) is 0 Å². The number of ether oxygens (including phenoxy) is 2. The molecule has 1 N–H and O–H groups in total. The Morgan fingerprint density at radius 1 is 1.53 bits per heavy atom. The smallest absolute Gasteiger partial charge is 0.242 e. The number of hydrogen-bond acceptors (Lipinski definition) is 4.